The van der Waals surface area contributed by atoms with Crippen LogP contribution in [0, 0.1) is 5.92 Å². The van der Waals surface area contributed by atoms with Crippen molar-refractivity contribution in [2.24, 2.45) is 11.7 Å². The Hall–Kier alpha value is -1.15. The zero-order valence-corrected chi connectivity index (χ0v) is 10.4. The molecule has 0 saturated heterocycles. The average molecular weight is 219 g/mol. The first-order valence-electron chi connectivity index (χ1n) is 5.86. The van der Waals surface area contributed by atoms with Gasteiger partial charge in [-0.15, -0.1) is 0 Å². The molecule has 1 atom stereocenters. The van der Waals surface area contributed by atoms with E-state index in [9.17, 15) is 4.79 Å². The molecule has 88 valence electrons. The second-order valence-corrected chi connectivity index (χ2v) is 4.90. The average Bonchev–Trinajstić information content (AvgIpc) is 2.16. The summed E-state index contributed by atoms with van der Waals surface area (Å²) in [6, 6.07) is 7.81. The van der Waals surface area contributed by atoms with Gasteiger partial charge in [0.2, 0.25) is 0 Å². The molecule has 2 nitrogen and oxygen atoms in total. The molecule has 0 amide bonds. The molecule has 1 aromatic carbocycles. The van der Waals surface area contributed by atoms with Crippen LogP contribution in [0.3, 0.4) is 0 Å². The molecule has 0 bridgehead atoms. The van der Waals surface area contributed by atoms with Crippen molar-refractivity contribution in [3.05, 3.63) is 35.4 Å². The Balaban J connectivity index is 2.77. The van der Waals surface area contributed by atoms with Crippen LogP contribution in [0.5, 0.6) is 0 Å². The molecule has 1 aromatic rings. The minimum Gasteiger partial charge on any atom is -0.328 e. The molecule has 1 unspecified atom stereocenters. The van der Waals surface area contributed by atoms with Crippen molar-refractivity contribution in [1.29, 1.82) is 0 Å². The maximum atomic E-state index is 11.8. The van der Waals surface area contributed by atoms with Gasteiger partial charge in [0.05, 0.1) is 0 Å². The Morgan fingerprint density at radius 2 is 2.00 bits per heavy atom. The van der Waals surface area contributed by atoms with Crippen LogP contribution in [0.1, 0.15) is 43.1 Å². The standard InChI is InChI=1S/C14H21NO/c1-10(2)7-12-5-4-6-13(9-12)14(16)8-11(3)15/h4-6,9-11H,7-8,15H2,1-3H3. The van der Waals surface area contributed by atoms with E-state index in [1.54, 1.807) is 0 Å². The van der Waals surface area contributed by atoms with Crippen molar-refractivity contribution in [3.63, 3.8) is 0 Å². The predicted molar refractivity (Wildman–Crippen MR) is 67.6 cm³/mol. The summed E-state index contributed by atoms with van der Waals surface area (Å²) >= 11 is 0. The smallest absolute Gasteiger partial charge is 0.164 e. The lowest BCUT2D eigenvalue weighted by Gasteiger charge is -2.08. The number of Topliss-reactive ketones (excluding diaryl/α,β-unsaturated/α-hetero) is 1. The van der Waals surface area contributed by atoms with E-state index in [1.165, 1.54) is 5.56 Å². The lowest BCUT2D eigenvalue weighted by molar-refractivity contribution is 0.0976. The molecule has 2 N–H and O–H groups in total. The summed E-state index contributed by atoms with van der Waals surface area (Å²) in [5, 5.41) is 0. The highest BCUT2D eigenvalue weighted by Gasteiger charge is 2.09. The normalized spacial score (nSPS) is 12.8. The van der Waals surface area contributed by atoms with Crippen molar-refractivity contribution in [3.8, 4) is 0 Å². The van der Waals surface area contributed by atoms with Gasteiger partial charge in [0.1, 0.15) is 0 Å². The zero-order valence-electron chi connectivity index (χ0n) is 10.4. The van der Waals surface area contributed by atoms with Crippen LogP contribution in [0.4, 0.5) is 0 Å². The van der Waals surface area contributed by atoms with Gasteiger partial charge in [-0.1, -0.05) is 32.0 Å². The summed E-state index contributed by atoms with van der Waals surface area (Å²) in [6.45, 7) is 6.21. The molecule has 2 heteroatoms. The second-order valence-electron chi connectivity index (χ2n) is 4.90. The molecule has 0 radical (unpaired) electrons. The van der Waals surface area contributed by atoms with Gasteiger partial charge in [0.15, 0.2) is 5.78 Å². The monoisotopic (exact) mass is 219 g/mol. The molecule has 0 spiro atoms. The van der Waals surface area contributed by atoms with Crippen LogP contribution in [0.2, 0.25) is 0 Å². The van der Waals surface area contributed by atoms with Gasteiger partial charge in [-0.3, -0.25) is 4.79 Å². The summed E-state index contributed by atoms with van der Waals surface area (Å²) in [4.78, 5) is 11.8. The minimum atomic E-state index is -0.0683. The largest absolute Gasteiger partial charge is 0.328 e. The maximum absolute atomic E-state index is 11.8. The van der Waals surface area contributed by atoms with Crippen LogP contribution in [-0.2, 0) is 6.42 Å². The Morgan fingerprint density at radius 3 is 2.56 bits per heavy atom. The third-order valence-electron chi connectivity index (χ3n) is 2.40. The molecule has 0 aliphatic heterocycles. The minimum absolute atomic E-state index is 0.0683. The van der Waals surface area contributed by atoms with Gasteiger partial charge >= 0.3 is 0 Å². The molecular formula is C14H21NO. The first-order chi connectivity index (χ1) is 7.49. The van der Waals surface area contributed by atoms with Crippen molar-refractivity contribution in [1.82, 2.24) is 0 Å². The van der Waals surface area contributed by atoms with E-state index in [0.717, 1.165) is 12.0 Å². The lowest BCUT2D eigenvalue weighted by Crippen LogP contribution is -2.19. The van der Waals surface area contributed by atoms with Crippen LogP contribution < -0.4 is 5.73 Å². The van der Waals surface area contributed by atoms with Gasteiger partial charge < -0.3 is 5.73 Å². The van der Waals surface area contributed by atoms with E-state index in [4.69, 9.17) is 5.73 Å². The highest BCUT2D eigenvalue weighted by atomic mass is 16.1. The van der Waals surface area contributed by atoms with E-state index in [2.05, 4.69) is 19.9 Å². The maximum Gasteiger partial charge on any atom is 0.164 e. The third-order valence-corrected chi connectivity index (χ3v) is 2.40. The Labute approximate surface area is 97.9 Å². The van der Waals surface area contributed by atoms with Gasteiger partial charge in [-0.2, -0.15) is 0 Å². The first-order valence-corrected chi connectivity index (χ1v) is 5.86. The summed E-state index contributed by atoms with van der Waals surface area (Å²) in [5.74, 6) is 0.749. The van der Waals surface area contributed by atoms with Gasteiger partial charge in [0, 0.05) is 18.0 Å². The number of hydrogen-bond acceptors (Lipinski definition) is 2. The number of benzene rings is 1. The first kappa shape index (κ1) is 12.9. The Kier molecular flexibility index (Phi) is 4.69. The molecule has 16 heavy (non-hydrogen) atoms. The van der Waals surface area contributed by atoms with Crippen molar-refractivity contribution >= 4 is 5.78 Å². The van der Waals surface area contributed by atoms with Gasteiger partial charge in [-0.25, -0.2) is 0 Å². The fourth-order valence-electron chi connectivity index (χ4n) is 1.75. The summed E-state index contributed by atoms with van der Waals surface area (Å²) in [6.07, 6.45) is 1.43. The number of nitrogens with two attached hydrogens (primary N) is 1. The fourth-order valence-corrected chi connectivity index (χ4v) is 1.75. The van der Waals surface area contributed by atoms with E-state index >= 15 is 0 Å². The third kappa shape index (κ3) is 4.15. The van der Waals surface area contributed by atoms with Crippen LogP contribution in [0.25, 0.3) is 0 Å². The van der Waals surface area contributed by atoms with E-state index in [0.29, 0.717) is 12.3 Å². The summed E-state index contributed by atoms with van der Waals surface area (Å²) < 4.78 is 0. The quantitative estimate of drug-likeness (QED) is 0.774. The summed E-state index contributed by atoms with van der Waals surface area (Å²) in [5.41, 5.74) is 7.64. The van der Waals surface area contributed by atoms with E-state index in [1.807, 2.05) is 25.1 Å². The number of carbonyl (C=O) groups is 1. The molecule has 0 aliphatic rings. The van der Waals surface area contributed by atoms with Crippen molar-refractivity contribution < 1.29 is 4.79 Å². The Bertz CT molecular complexity index is 356. The lowest BCUT2D eigenvalue weighted by atomic mass is 9.98. The Morgan fingerprint density at radius 1 is 1.31 bits per heavy atom. The highest BCUT2D eigenvalue weighted by molar-refractivity contribution is 5.96. The van der Waals surface area contributed by atoms with Gasteiger partial charge in [-0.05, 0) is 30.9 Å². The number of ketones is 1. The molecule has 0 heterocycles. The number of carbonyl (C=O) groups excluding carboxylic acids is 1. The fraction of sp³-hybridized carbons (Fsp3) is 0.500. The van der Waals surface area contributed by atoms with Crippen LogP contribution >= 0.6 is 0 Å². The molecule has 0 aromatic heterocycles. The summed E-state index contributed by atoms with van der Waals surface area (Å²) in [7, 11) is 0. The number of rotatable bonds is 5. The second kappa shape index (κ2) is 5.80. The highest BCUT2D eigenvalue weighted by Crippen LogP contribution is 2.12. The van der Waals surface area contributed by atoms with Crippen LogP contribution in [-0.4, -0.2) is 11.8 Å². The van der Waals surface area contributed by atoms with E-state index < -0.39 is 0 Å². The molecule has 0 fully saturated rings. The zero-order chi connectivity index (χ0) is 12.1. The topological polar surface area (TPSA) is 43.1 Å². The molecule has 0 aliphatic carbocycles. The van der Waals surface area contributed by atoms with Gasteiger partial charge in [0.25, 0.3) is 0 Å². The molecular weight excluding hydrogens is 198 g/mol. The predicted octanol–water partition coefficient (Wildman–Crippen LogP) is 2.81. The van der Waals surface area contributed by atoms with Crippen molar-refractivity contribution in [2.45, 2.75) is 39.7 Å². The molecule has 0 saturated carbocycles. The van der Waals surface area contributed by atoms with Crippen LogP contribution in [0.15, 0.2) is 24.3 Å². The SMILES string of the molecule is CC(C)Cc1cccc(C(=O)CC(C)N)c1. The van der Waals surface area contributed by atoms with E-state index in [-0.39, 0.29) is 11.8 Å². The van der Waals surface area contributed by atoms with Crippen molar-refractivity contribution in [2.75, 3.05) is 0 Å². The number of hydrogen-bond donors (Lipinski definition) is 1. The molecule has 1 rings (SSSR count).